The van der Waals surface area contributed by atoms with Gasteiger partial charge in [0, 0.05) is 24.9 Å². The van der Waals surface area contributed by atoms with E-state index in [-0.39, 0.29) is 34.5 Å². The first-order valence-corrected chi connectivity index (χ1v) is 7.43. The third-order valence-electron chi connectivity index (χ3n) is 2.83. The minimum atomic E-state index is -0.215. The molecule has 0 bridgehead atoms. The van der Waals surface area contributed by atoms with Gasteiger partial charge >= 0.3 is 0 Å². The summed E-state index contributed by atoms with van der Waals surface area (Å²) in [5.41, 5.74) is 1.02. The van der Waals surface area contributed by atoms with Gasteiger partial charge in [-0.25, -0.2) is 4.39 Å². The van der Waals surface area contributed by atoms with E-state index in [0.717, 1.165) is 18.1 Å². The fourth-order valence-electron chi connectivity index (χ4n) is 1.38. The first-order valence-electron chi connectivity index (χ1n) is 6.21. The standard InChI is InChI=1S/C14H22FN3S.HI/c1-14(2,19-4)10-18-13(16-3)17-9-11-5-7-12(15)8-6-11;/h5-8H,9-10H2,1-4H3,(H2,16,17,18);1H. The summed E-state index contributed by atoms with van der Waals surface area (Å²) in [6.45, 7) is 5.81. The van der Waals surface area contributed by atoms with Crippen molar-refractivity contribution in [2.45, 2.75) is 25.1 Å². The molecule has 0 radical (unpaired) electrons. The molecule has 0 saturated carbocycles. The van der Waals surface area contributed by atoms with Crippen molar-refractivity contribution < 1.29 is 4.39 Å². The number of halogens is 2. The van der Waals surface area contributed by atoms with E-state index in [4.69, 9.17) is 0 Å². The predicted molar refractivity (Wildman–Crippen MR) is 97.6 cm³/mol. The van der Waals surface area contributed by atoms with Crippen molar-refractivity contribution in [3.8, 4) is 0 Å². The molecule has 3 nitrogen and oxygen atoms in total. The fourth-order valence-corrected chi connectivity index (χ4v) is 1.59. The number of nitrogens with one attached hydrogen (secondary N) is 2. The highest BCUT2D eigenvalue weighted by Crippen LogP contribution is 2.19. The van der Waals surface area contributed by atoms with Gasteiger partial charge in [0.15, 0.2) is 5.96 Å². The first-order chi connectivity index (χ1) is 8.96. The van der Waals surface area contributed by atoms with E-state index in [1.807, 2.05) is 11.8 Å². The van der Waals surface area contributed by atoms with Crippen molar-refractivity contribution in [2.75, 3.05) is 19.8 Å². The van der Waals surface area contributed by atoms with Crippen LogP contribution in [0.1, 0.15) is 19.4 Å². The van der Waals surface area contributed by atoms with Gasteiger partial charge in [-0.3, -0.25) is 4.99 Å². The minimum absolute atomic E-state index is 0. The Morgan fingerprint density at radius 3 is 2.35 bits per heavy atom. The molecule has 6 heteroatoms. The lowest BCUT2D eigenvalue weighted by Gasteiger charge is -2.23. The molecule has 0 aliphatic heterocycles. The third-order valence-corrected chi connectivity index (χ3v) is 4.08. The number of hydrogen-bond donors (Lipinski definition) is 2. The Morgan fingerprint density at radius 1 is 1.25 bits per heavy atom. The van der Waals surface area contributed by atoms with E-state index >= 15 is 0 Å². The smallest absolute Gasteiger partial charge is 0.191 e. The summed E-state index contributed by atoms with van der Waals surface area (Å²) in [5.74, 6) is 0.541. The molecule has 1 aromatic carbocycles. The topological polar surface area (TPSA) is 36.4 Å². The average molecular weight is 411 g/mol. The molecule has 0 spiro atoms. The molecule has 0 heterocycles. The molecule has 0 aromatic heterocycles. The molecule has 0 aliphatic carbocycles. The lowest BCUT2D eigenvalue weighted by Crippen LogP contribution is -2.42. The predicted octanol–water partition coefficient (Wildman–Crippen LogP) is 3.25. The van der Waals surface area contributed by atoms with Gasteiger partial charge in [0.25, 0.3) is 0 Å². The second-order valence-corrected chi connectivity index (χ2v) is 6.38. The fraction of sp³-hybridized carbons (Fsp3) is 0.500. The number of guanidine groups is 1. The Balaban J connectivity index is 0.00000361. The summed E-state index contributed by atoms with van der Waals surface area (Å²) >= 11 is 1.81. The van der Waals surface area contributed by atoms with Crippen LogP contribution in [0.4, 0.5) is 4.39 Å². The van der Waals surface area contributed by atoms with Gasteiger partial charge in [0.1, 0.15) is 5.82 Å². The monoisotopic (exact) mass is 411 g/mol. The zero-order chi connectivity index (χ0) is 14.3. The van der Waals surface area contributed by atoms with Gasteiger partial charge in [-0.2, -0.15) is 11.8 Å². The Labute approximate surface area is 142 Å². The number of aliphatic imine (C=N–C) groups is 1. The van der Waals surface area contributed by atoms with Crippen molar-refractivity contribution in [1.29, 1.82) is 0 Å². The van der Waals surface area contributed by atoms with Crippen molar-refractivity contribution >= 4 is 41.7 Å². The molecule has 1 rings (SSSR count). The van der Waals surface area contributed by atoms with Gasteiger partial charge in [0.2, 0.25) is 0 Å². The molecule has 0 unspecified atom stereocenters. The SMILES string of the molecule is CN=C(NCc1ccc(F)cc1)NCC(C)(C)SC.I. The molecular weight excluding hydrogens is 388 g/mol. The molecule has 0 atom stereocenters. The van der Waals surface area contributed by atoms with Crippen molar-refractivity contribution in [2.24, 2.45) is 4.99 Å². The highest BCUT2D eigenvalue weighted by Gasteiger charge is 2.15. The van der Waals surface area contributed by atoms with Crippen LogP contribution in [-0.4, -0.2) is 30.6 Å². The molecular formula is C14H23FIN3S. The molecule has 20 heavy (non-hydrogen) atoms. The van der Waals surface area contributed by atoms with E-state index in [0.29, 0.717) is 6.54 Å². The highest BCUT2D eigenvalue weighted by molar-refractivity contribution is 14.0. The van der Waals surface area contributed by atoms with Gasteiger partial charge in [0.05, 0.1) is 0 Å². The Morgan fingerprint density at radius 2 is 1.85 bits per heavy atom. The second kappa shape index (κ2) is 9.44. The number of hydrogen-bond acceptors (Lipinski definition) is 2. The van der Waals surface area contributed by atoms with Crippen molar-refractivity contribution in [3.05, 3.63) is 35.6 Å². The highest BCUT2D eigenvalue weighted by atomic mass is 127. The number of benzene rings is 1. The maximum atomic E-state index is 12.8. The van der Waals surface area contributed by atoms with E-state index < -0.39 is 0 Å². The summed E-state index contributed by atoms with van der Waals surface area (Å²) in [6, 6.07) is 6.46. The van der Waals surface area contributed by atoms with Crippen LogP contribution in [0.3, 0.4) is 0 Å². The summed E-state index contributed by atoms with van der Waals surface area (Å²) in [4.78, 5) is 4.17. The van der Waals surface area contributed by atoms with Crippen LogP contribution in [0.5, 0.6) is 0 Å². The van der Waals surface area contributed by atoms with Crippen LogP contribution >= 0.6 is 35.7 Å². The Kier molecular flexibility index (Phi) is 9.20. The third kappa shape index (κ3) is 7.33. The molecule has 0 fully saturated rings. The Bertz CT molecular complexity index is 421. The number of thioether (sulfide) groups is 1. The van der Waals surface area contributed by atoms with E-state index in [9.17, 15) is 4.39 Å². The van der Waals surface area contributed by atoms with E-state index in [1.165, 1.54) is 12.1 Å². The summed E-state index contributed by atoms with van der Waals surface area (Å²) in [5, 5.41) is 6.50. The molecule has 1 aromatic rings. The molecule has 0 saturated heterocycles. The molecule has 0 amide bonds. The number of rotatable bonds is 5. The van der Waals surface area contributed by atoms with Gasteiger partial charge < -0.3 is 10.6 Å². The maximum absolute atomic E-state index is 12.8. The lowest BCUT2D eigenvalue weighted by atomic mass is 10.2. The van der Waals surface area contributed by atoms with Crippen LogP contribution < -0.4 is 10.6 Å². The van der Waals surface area contributed by atoms with E-state index in [1.54, 1.807) is 19.2 Å². The molecule has 2 N–H and O–H groups in total. The van der Waals surface area contributed by atoms with E-state index in [2.05, 4.69) is 35.7 Å². The van der Waals surface area contributed by atoms with Gasteiger partial charge in [-0.15, -0.1) is 24.0 Å². The zero-order valence-corrected chi connectivity index (χ0v) is 15.5. The Hall–Kier alpha value is -0.500. The van der Waals surface area contributed by atoms with Crippen molar-refractivity contribution in [1.82, 2.24) is 10.6 Å². The van der Waals surface area contributed by atoms with Crippen LogP contribution in [0.2, 0.25) is 0 Å². The van der Waals surface area contributed by atoms with Crippen LogP contribution in [0.25, 0.3) is 0 Å². The molecule has 0 aliphatic rings. The van der Waals surface area contributed by atoms with Gasteiger partial charge in [-0.05, 0) is 37.8 Å². The minimum Gasteiger partial charge on any atom is -0.355 e. The average Bonchev–Trinajstić information content (AvgIpc) is 2.41. The maximum Gasteiger partial charge on any atom is 0.191 e. The summed E-state index contributed by atoms with van der Waals surface area (Å²) < 4.78 is 12.9. The van der Waals surface area contributed by atoms with Crippen molar-refractivity contribution in [3.63, 3.8) is 0 Å². The van der Waals surface area contributed by atoms with Crippen LogP contribution in [0, 0.1) is 5.82 Å². The summed E-state index contributed by atoms with van der Waals surface area (Å²) in [6.07, 6.45) is 2.09. The first kappa shape index (κ1) is 19.5. The zero-order valence-electron chi connectivity index (χ0n) is 12.4. The second-order valence-electron chi connectivity index (χ2n) is 4.87. The van der Waals surface area contributed by atoms with Crippen LogP contribution in [-0.2, 0) is 6.54 Å². The summed E-state index contributed by atoms with van der Waals surface area (Å²) in [7, 11) is 1.74. The number of nitrogens with zero attached hydrogens (tertiary/aromatic N) is 1. The van der Waals surface area contributed by atoms with Crippen LogP contribution in [0.15, 0.2) is 29.3 Å². The largest absolute Gasteiger partial charge is 0.355 e. The normalized spacial score (nSPS) is 11.8. The molecule has 114 valence electrons. The quantitative estimate of drug-likeness (QED) is 0.444. The lowest BCUT2D eigenvalue weighted by molar-refractivity contribution is 0.626. The van der Waals surface area contributed by atoms with Gasteiger partial charge in [-0.1, -0.05) is 12.1 Å².